The van der Waals surface area contributed by atoms with Gasteiger partial charge in [-0.1, -0.05) is 98.6 Å². The molecule has 0 nitrogen and oxygen atoms in total. The van der Waals surface area contributed by atoms with Crippen LogP contribution in [0.15, 0.2) is 84.9 Å². The van der Waals surface area contributed by atoms with E-state index in [0.717, 1.165) is 6.42 Å². The van der Waals surface area contributed by atoms with Gasteiger partial charge in [0.1, 0.15) is 0 Å². The van der Waals surface area contributed by atoms with Crippen LogP contribution in [-0.4, -0.2) is 0 Å². The second-order valence-electron chi connectivity index (χ2n) is 6.22. The van der Waals surface area contributed by atoms with Gasteiger partial charge < -0.3 is 0 Å². The first kappa shape index (κ1) is 17.2. The second-order valence-corrected chi connectivity index (χ2v) is 7.38. The molecule has 1 heteroatoms. The summed E-state index contributed by atoms with van der Waals surface area (Å²) in [7, 11) is 0. The van der Waals surface area contributed by atoms with Gasteiger partial charge in [-0.05, 0) is 51.8 Å². The van der Waals surface area contributed by atoms with Crippen LogP contribution in [0.1, 0.15) is 42.9 Å². The molecule has 0 heterocycles. The SMILES string of the molecule is CCCCC(c1ccccc1)(c1ccccc1)c1ccccc1I. The van der Waals surface area contributed by atoms with E-state index < -0.39 is 0 Å². The molecule has 3 rings (SSSR count). The summed E-state index contributed by atoms with van der Waals surface area (Å²) in [6, 6.07) is 30.8. The van der Waals surface area contributed by atoms with E-state index in [1.165, 1.54) is 33.1 Å². The van der Waals surface area contributed by atoms with E-state index in [0.29, 0.717) is 0 Å². The van der Waals surface area contributed by atoms with Crippen LogP contribution >= 0.6 is 22.6 Å². The van der Waals surface area contributed by atoms with Gasteiger partial charge in [0.25, 0.3) is 0 Å². The molecule has 0 atom stereocenters. The fraction of sp³-hybridized carbons (Fsp3) is 0.217. The second kappa shape index (κ2) is 7.98. The Kier molecular flexibility index (Phi) is 5.72. The molecule has 0 saturated carbocycles. The molecule has 0 aliphatic carbocycles. The molecule has 122 valence electrons. The van der Waals surface area contributed by atoms with Crippen LogP contribution in [-0.2, 0) is 5.41 Å². The Balaban J connectivity index is 2.31. The zero-order valence-electron chi connectivity index (χ0n) is 14.1. The van der Waals surface area contributed by atoms with Gasteiger partial charge >= 0.3 is 0 Å². The molecule has 0 bridgehead atoms. The Morgan fingerprint density at radius 3 is 1.71 bits per heavy atom. The summed E-state index contributed by atoms with van der Waals surface area (Å²) >= 11 is 2.49. The lowest BCUT2D eigenvalue weighted by molar-refractivity contribution is 0.525. The number of hydrogen-bond donors (Lipinski definition) is 0. The normalized spacial score (nSPS) is 11.4. The summed E-state index contributed by atoms with van der Waals surface area (Å²) in [5.74, 6) is 0. The standard InChI is InChI=1S/C23H23I/c1-2-3-18-23(19-12-6-4-7-13-19,20-14-8-5-9-15-20)21-16-10-11-17-22(21)24/h4-17H,2-3,18H2,1H3. The summed E-state index contributed by atoms with van der Waals surface area (Å²) in [6.45, 7) is 2.27. The van der Waals surface area contributed by atoms with Crippen LogP contribution in [0.3, 0.4) is 0 Å². The fourth-order valence-electron chi connectivity index (χ4n) is 3.60. The maximum atomic E-state index is 2.49. The molecule has 0 radical (unpaired) electrons. The number of benzene rings is 3. The topological polar surface area (TPSA) is 0 Å². The van der Waals surface area contributed by atoms with E-state index in [1.807, 2.05) is 0 Å². The first-order chi connectivity index (χ1) is 11.8. The molecule has 3 aromatic rings. The van der Waals surface area contributed by atoms with E-state index in [-0.39, 0.29) is 5.41 Å². The molecule has 0 spiro atoms. The zero-order valence-corrected chi connectivity index (χ0v) is 16.2. The lowest BCUT2D eigenvalue weighted by Crippen LogP contribution is -2.30. The highest BCUT2D eigenvalue weighted by Crippen LogP contribution is 2.44. The Hall–Kier alpha value is -1.61. The lowest BCUT2D eigenvalue weighted by Gasteiger charge is -2.37. The average Bonchev–Trinajstić information content (AvgIpc) is 2.65. The van der Waals surface area contributed by atoms with Crippen molar-refractivity contribution in [2.24, 2.45) is 0 Å². The first-order valence-electron chi connectivity index (χ1n) is 8.65. The van der Waals surface area contributed by atoms with Gasteiger partial charge in [0.05, 0.1) is 0 Å². The van der Waals surface area contributed by atoms with Gasteiger partial charge in [-0.25, -0.2) is 0 Å². The number of halogens is 1. The van der Waals surface area contributed by atoms with Crippen molar-refractivity contribution < 1.29 is 0 Å². The van der Waals surface area contributed by atoms with Crippen LogP contribution in [0.5, 0.6) is 0 Å². The van der Waals surface area contributed by atoms with Crippen molar-refractivity contribution in [2.45, 2.75) is 31.6 Å². The van der Waals surface area contributed by atoms with Crippen LogP contribution in [0.2, 0.25) is 0 Å². The Bertz CT molecular complexity index is 723. The molecular weight excluding hydrogens is 403 g/mol. The minimum Gasteiger partial charge on any atom is -0.0654 e. The summed E-state index contributed by atoms with van der Waals surface area (Å²) in [5.41, 5.74) is 4.09. The number of hydrogen-bond acceptors (Lipinski definition) is 0. The van der Waals surface area contributed by atoms with E-state index in [4.69, 9.17) is 0 Å². The van der Waals surface area contributed by atoms with Crippen LogP contribution in [0.4, 0.5) is 0 Å². The minimum absolute atomic E-state index is 0.0870. The summed E-state index contributed by atoms with van der Waals surface area (Å²) < 4.78 is 1.33. The van der Waals surface area contributed by atoms with Crippen molar-refractivity contribution in [1.29, 1.82) is 0 Å². The molecule has 0 unspecified atom stereocenters. The molecule has 0 aliphatic heterocycles. The molecule has 0 aromatic heterocycles. The predicted octanol–water partition coefficient (Wildman–Crippen LogP) is 6.82. The third-order valence-corrected chi connectivity index (χ3v) is 5.71. The Morgan fingerprint density at radius 1 is 0.708 bits per heavy atom. The van der Waals surface area contributed by atoms with Gasteiger partial charge in [-0.2, -0.15) is 0 Å². The molecule has 0 N–H and O–H groups in total. The first-order valence-corrected chi connectivity index (χ1v) is 9.73. The molecule has 0 aliphatic rings. The lowest BCUT2D eigenvalue weighted by atomic mass is 9.66. The largest absolute Gasteiger partial charge is 0.0654 e. The Labute approximate surface area is 159 Å². The van der Waals surface area contributed by atoms with E-state index in [2.05, 4.69) is 114 Å². The highest BCUT2D eigenvalue weighted by Gasteiger charge is 2.36. The average molecular weight is 426 g/mol. The summed E-state index contributed by atoms with van der Waals surface area (Å²) in [6.07, 6.45) is 3.52. The molecule has 0 saturated heterocycles. The maximum Gasteiger partial charge on any atom is 0.0461 e. The van der Waals surface area contributed by atoms with Gasteiger partial charge in [0.15, 0.2) is 0 Å². The van der Waals surface area contributed by atoms with Gasteiger partial charge in [-0.15, -0.1) is 0 Å². The molecule has 24 heavy (non-hydrogen) atoms. The van der Waals surface area contributed by atoms with Crippen molar-refractivity contribution in [3.63, 3.8) is 0 Å². The van der Waals surface area contributed by atoms with Crippen LogP contribution < -0.4 is 0 Å². The van der Waals surface area contributed by atoms with Crippen LogP contribution in [0, 0.1) is 3.57 Å². The third kappa shape index (κ3) is 3.27. The molecule has 3 aromatic carbocycles. The molecular formula is C23H23I. The minimum atomic E-state index is -0.0870. The highest BCUT2D eigenvalue weighted by molar-refractivity contribution is 14.1. The van der Waals surface area contributed by atoms with E-state index >= 15 is 0 Å². The van der Waals surface area contributed by atoms with Crippen molar-refractivity contribution in [2.75, 3.05) is 0 Å². The predicted molar refractivity (Wildman–Crippen MR) is 111 cm³/mol. The summed E-state index contributed by atoms with van der Waals surface area (Å²) in [5, 5.41) is 0. The van der Waals surface area contributed by atoms with Crippen molar-refractivity contribution >= 4 is 22.6 Å². The molecule has 0 fully saturated rings. The van der Waals surface area contributed by atoms with E-state index in [1.54, 1.807) is 0 Å². The van der Waals surface area contributed by atoms with Crippen molar-refractivity contribution in [3.8, 4) is 0 Å². The van der Waals surface area contributed by atoms with Crippen molar-refractivity contribution in [3.05, 3.63) is 105 Å². The molecule has 0 amide bonds. The van der Waals surface area contributed by atoms with Gasteiger partial charge in [0.2, 0.25) is 0 Å². The van der Waals surface area contributed by atoms with E-state index in [9.17, 15) is 0 Å². The van der Waals surface area contributed by atoms with Gasteiger partial charge in [-0.3, -0.25) is 0 Å². The fourth-order valence-corrected chi connectivity index (χ4v) is 4.44. The number of rotatable bonds is 6. The third-order valence-electron chi connectivity index (χ3n) is 4.77. The smallest absolute Gasteiger partial charge is 0.0461 e. The quantitative estimate of drug-likeness (QED) is 0.300. The Morgan fingerprint density at radius 2 is 1.21 bits per heavy atom. The maximum absolute atomic E-state index is 2.49. The highest BCUT2D eigenvalue weighted by atomic mass is 127. The summed E-state index contributed by atoms with van der Waals surface area (Å²) in [4.78, 5) is 0. The van der Waals surface area contributed by atoms with Crippen LogP contribution in [0.25, 0.3) is 0 Å². The zero-order chi connectivity index (χ0) is 16.8. The van der Waals surface area contributed by atoms with Crippen molar-refractivity contribution in [1.82, 2.24) is 0 Å². The number of unbranched alkanes of at least 4 members (excludes halogenated alkanes) is 1. The van der Waals surface area contributed by atoms with Gasteiger partial charge in [0, 0.05) is 8.99 Å². The monoisotopic (exact) mass is 426 g/mol.